The molecule has 0 aromatic heterocycles. The van der Waals surface area contributed by atoms with Gasteiger partial charge in [0, 0.05) is 13.5 Å². The van der Waals surface area contributed by atoms with Crippen molar-refractivity contribution in [1.29, 1.82) is 0 Å². The Kier molecular flexibility index (Phi) is 11.2. The van der Waals surface area contributed by atoms with E-state index in [0.717, 1.165) is 19.3 Å². The third kappa shape index (κ3) is 9.44. The number of carbonyl (C=O) groups is 2. The summed E-state index contributed by atoms with van der Waals surface area (Å²) in [5.74, 6) is -0.646. The molecule has 0 saturated carbocycles. The highest BCUT2D eigenvalue weighted by Gasteiger charge is 2.18. The van der Waals surface area contributed by atoms with E-state index >= 15 is 0 Å². The van der Waals surface area contributed by atoms with Gasteiger partial charge in [-0.2, -0.15) is 0 Å². The van der Waals surface area contributed by atoms with Crippen molar-refractivity contribution >= 4 is 11.8 Å². The molecule has 0 saturated heterocycles. The van der Waals surface area contributed by atoms with Crippen molar-refractivity contribution in [2.24, 2.45) is 0 Å². The fourth-order valence-corrected chi connectivity index (χ4v) is 1.62. The molecule has 1 atom stereocenters. The van der Waals surface area contributed by atoms with Crippen molar-refractivity contribution in [2.75, 3.05) is 20.4 Å². The van der Waals surface area contributed by atoms with Crippen LogP contribution < -0.4 is 10.6 Å². The first-order chi connectivity index (χ1) is 9.15. The number of hydrogen-bond donors (Lipinski definition) is 3. The Labute approximate surface area is 114 Å². The van der Waals surface area contributed by atoms with Crippen LogP contribution in [-0.2, 0) is 14.3 Å². The Bertz CT molecular complexity index is 259. The van der Waals surface area contributed by atoms with E-state index in [-0.39, 0.29) is 12.6 Å². The molecular formula is C13H26N2O4. The summed E-state index contributed by atoms with van der Waals surface area (Å²) in [4.78, 5) is 23.1. The number of hydrogen-bond acceptors (Lipinski definition) is 4. The number of amides is 2. The van der Waals surface area contributed by atoms with Gasteiger partial charge in [0.15, 0.2) is 0 Å². The van der Waals surface area contributed by atoms with Crippen LogP contribution in [0.5, 0.6) is 0 Å². The lowest BCUT2D eigenvalue weighted by molar-refractivity contribution is -0.130. The van der Waals surface area contributed by atoms with Crippen molar-refractivity contribution < 1.29 is 19.4 Å². The number of nitrogens with one attached hydrogen (secondary N) is 2. The first-order valence-corrected chi connectivity index (χ1v) is 6.82. The molecule has 0 aliphatic heterocycles. The molecule has 0 spiro atoms. The third-order valence-corrected chi connectivity index (χ3v) is 2.73. The Morgan fingerprint density at radius 3 is 2.47 bits per heavy atom. The second kappa shape index (κ2) is 11.9. The van der Waals surface area contributed by atoms with E-state index in [0.29, 0.717) is 6.42 Å². The molecule has 0 unspecified atom stereocenters. The number of unbranched alkanes of at least 4 members (excludes halogenated alkanes) is 4. The lowest BCUT2D eigenvalue weighted by Crippen LogP contribution is -2.49. The Morgan fingerprint density at radius 1 is 1.21 bits per heavy atom. The maximum Gasteiger partial charge on any atom is 0.246 e. The normalized spacial score (nSPS) is 11.9. The van der Waals surface area contributed by atoms with E-state index in [1.54, 1.807) is 0 Å². The molecule has 0 bridgehead atoms. The molecule has 112 valence electrons. The first-order valence-electron chi connectivity index (χ1n) is 6.82. The topological polar surface area (TPSA) is 87.7 Å². The van der Waals surface area contributed by atoms with E-state index in [9.17, 15) is 9.59 Å². The molecule has 2 amide bonds. The summed E-state index contributed by atoms with van der Waals surface area (Å²) in [6.07, 6.45) is 5.68. The zero-order chi connectivity index (χ0) is 14.5. The van der Waals surface area contributed by atoms with Crippen LogP contribution in [0.2, 0.25) is 0 Å². The van der Waals surface area contributed by atoms with Gasteiger partial charge in [-0.15, -0.1) is 0 Å². The summed E-state index contributed by atoms with van der Waals surface area (Å²) in [6, 6.07) is -0.904. The summed E-state index contributed by atoms with van der Waals surface area (Å²) >= 11 is 0. The first kappa shape index (κ1) is 17.9. The number of rotatable bonds is 11. The predicted octanol–water partition coefficient (Wildman–Crippen LogP) is 0.544. The lowest BCUT2D eigenvalue weighted by atomic mass is 10.1. The Hall–Kier alpha value is -1.14. The summed E-state index contributed by atoms with van der Waals surface area (Å²) in [7, 11) is 1.45. The van der Waals surface area contributed by atoms with Gasteiger partial charge < -0.3 is 20.5 Å². The van der Waals surface area contributed by atoms with Crippen LogP contribution in [0.3, 0.4) is 0 Å². The van der Waals surface area contributed by atoms with E-state index in [4.69, 9.17) is 5.11 Å². The number of aliphatic hydroxyl groups is 1. The average Bonchev–Trinajstić information content (AvgIpc) is 2.41. The Balaban J connectivity index is 3.83. The number of aliphatic hydroxyl groups excluding tert-OH is 1. The van der Waals surface area contributed by atoms with Crippen LogP contribution in [0.25, 0.3) is 0 Å². The van der Waals surface area contributed by atoms with E-state index in [1.807, 2.05) is 0 Å². The maximum absolute atomic E-state index is 11.6. The van der Waals surface area contributed by atoms with Crippen molar-refractivity contribution in [3.63, 3.8) is 0 Å². The van der Waals surface area contributed by atoms with Crippen molar-refractivity contribution in [1.82, 2.24) is 10.6 Å². The zero-order valence-corrected chi connectivity index (χ0v) is 11.9. The summed E-state index contributed by atoms with van der Waals surface area (Å²) in [5.41, 5.74) is 0. The van der Waals surface area contributed by atoms with Gasteiger partial charge in [-0.3, -0.25) is 9.59 Å². The molecule has 0 aliphatic carbocycles. The standard InChI is InChI=1S/C13H26N2O4/c1-3-4-5-6-7-8-12(17)15-11(9-16)13(18)14-10-19-2/h11,16H,3-10H2,1-2H3,(H,14,18)(H,15,17)/t11-/m0/s1. The number of ether oxygens (including phenoxy) is 1. The SMILES string of the molecule is CCCCCCCC(=O)N[C@@H](CO)C(=O)NCOC. The van der Waals surface area contributed by atoms with Crippen LogP contribution in [0.15, 0.2) is 0 Å². The van der Waals surface area contributed by atoms with Crippen LogP contribution in [0.1, 0.15) is 45.4 Å². The van der Waals surface area contributed by atoms with Gasteiger partial charge in [0.1, 0.15) is 12.8 Å². The molecule has 0 rings (SSSR count). The highest BCUT2D eigenvalue weighted by molar-refractivity contribution is 5.87. The van der Waals surface area contributed by atoms with Gasteiger partial charge in [-0.05, 0) is 6.42 Å². The van der Waals surface area contributed by atoms with Gasteiger partial charge in [0.25, 0.3) is 0 Å². The van der Waals surface area contributed by atoms with Gasteiger partial charge >= 0.3 is 0 Å². The lowest BCUT2D eigenvalue weighted by Gasteiger charge is -2.15. The Morgan fingerprint density at radius 2 is 1.89 bits per heavy atom. The van der Waals surface area contributed by atoms with Crippen molar-refractivity contribution in [2.45, 2.75) is 51.5 Å². The monoisotopic (exact) mass is 274 g/mol. The largest absolute Gasteiger partial charge is 0.394 e. The summed E-state index contributed by atoms with van der Waals surface area (Å²) in [6.45, 7) is 1.77. The van der Waals surface area contributed by atoms with Gasteiger partial charge in [0.05, 0.1) is 6.61 Å². The second-order valence-electron chi connectivity index (χ2n) is 4.44. The van der Waals surface area contributed by atoms with Gasteiger partial charge in [-0.1, -0.05) is 32.6 Å². The summed E-state index contributed by atoms with van der Waals surface area (Å²) in [5, 5.41) is 14.0. The zero-order valence-electron chi connectivity index (χ0n) is 11.9. The van der Waals surface area contributed by atoms with Crippen LogP contribution in [-0.4, -0.2) is 43.4 Å². The quantitative estimate of drug-likeness (QED) is 0.379. The predicted molar refractivity (Wildman–Crippen MR) is 72.4 cm³/mol. The average molecular weight is 274 g/mol. The molecule has 0 radical (unpaired) electrons. The highest BCUT2D eigenvalue weighted by Crippen LogP contribution is 2.04. The van der Waals surface area contributed by atoms with Gasteiger partial charge in [0.2, 0.25) is 11.8 Å². The number of methoxy groups -OCH3 is 1. The molecular weight excluding hydrogens is 248 g/mol. The van der Waals surface area contributed by atoms with Crippen LogP contribution >= 0.6 is 0 Å². The van der Waals surface area contributed by atoms with Crippen LogP contribution in [0.4, 0.5) is 0 Å². The van der Waals surface area contributed by atoms with Crippen molar-refractivity contribution in [3.8, 4) is 0 Å². The second-order valence-corrected chi connectivity index (χ2v) is 4.44. The third-order valence-electron chi connectivity index (χ3n) is 2.73. The fourth-order valence-electron chi connectivity index (χ4n) is 1.62. The highest BCUT2D eigenvalue weighted by atomic mass is 16.5. The molecule has 0 aromatic rings. The maximum atomic E-state index is 11.6. The number of carbonyl (C=O) groups excluding carboxylic acids is 2. The minimum atomic E-state index is -0.904. The molecule has 6 nitrogen and oxygen atoms in total. The molecule has 19 heavy (non-hydrogen) atoms. The van der Waals surface area contributed by atoms with Gasteiger partial charge in [-0.25, -0.2) is 0 Å². The molecule has 0 aliphatic rings. The van der Waals surface area contributed by atoms with E-state index < -0.39 is 18.6 Å². The van der Waals surface area contributed by atoms with Crippen LogP contribution in [0, 0.1) is 0 Å². The molecule has 0 fully saturated rings. The molecule has 0 heterocycles. The smallest absolute Gasteiger partial charge is 0.246 e. The fraction of sp³-hybridized carbons (Fsp3) is 0.846. The van der Waals surface area contributed by atoms with E-state index in [1.165, 1.54) is 20.0 Å². The molecule has 6 heteroatoms. The molecule has 3 N–H and O–H groups in total. The van der Waals surface area contributed by atoms with E-state index in [2.05, 4.69) is 22.3 Å². The molecule has 0 aromatic carbocycles. The van der Waals surface area contributed by atoms with Crippen molar-refractivity contribution in [3.05, 3.63) is 0 Å². The minimum absolute atomic E-state index is 0.0578. The summed E-state index contributed by atoms with van der Waals surface area (Å²) < 4.78 is 4.69. The minimum Gasteiger partial charge on any atom is -0.394 e.